The summed E-state index contributed by atoms with van der Waals surface area (Å²) < 4.78 is 1.88. The Morgan fingerprint density at radius 1 is 1.43 bits per heavy atom. The van der Waals surface area contributed by atoms with Gasteiger partial charge in [0, 0.05) is 25.5 Å². The lowest BCUT2D eigenvalue weighted by atomic mass is 10.2. The highest BCUT2D eigenvalue weighted by Gasteiger charge is 2.27. The normalized spacial score (nSPS) is 13.5. The number of aryl methyl sites for hydroxylation is 2. The van der Waals surface area contributed by atoms with Crippen molar-refractivity contribution in [3.05, 3.63) is 41.5 Å². The number of aromatic nitrogens is 3. The van der Waals surface area contributed by atoms with E-state index in [4.69, 9.17) is 0 Å². The van der Waals surface area contributed by atoms with E-state index in [-0.39, 0.29) is 5.91 Å². The van der Waals surface area contributed by atoms with Crippen molar-refractivity contribution >= 4 is 11.6 Å². The molecular weight excluding hydrogens is 264 g/mol. The van der Waals surface area contributed by atoms with Gasteiger partial charge in [-0.15, -0.1) is 0 Å². The van der Waals surface area contributed by atoms with Crippen LogP contribution in [0.1, 0.15) is 41.4 Å². The average molecular weight is 284 g/mol. The minimum absolute atomic E-state index is 0.0296. The summed E-state index contributed by atoms with van der Waals surface area (Å²) in [4.78, 5) is 18.7. The third-order valence-electron chi connectivity index (χ3n) is 3.95. The molecule has 5 heteroatoms. The molecule has 1 aliphatic rings. The monoisotopic (exact) mass is 284 g/mol. The first-order chi connectivity index (χ1) is 10.2. The van der Waals surface area contributed by atoms with Crippen LogP contribution >= 0.6 is 0 Å². The molecule has 0 N–H and O–H groups in total. The lowest BCUT2D eigenvalue weighted by Gasteiger charge is -2.16. The first-order valence-electron chi connectivity index (χ1n) is 7.49. The summed E-state index contributed by atoms with van der Waals surface area (Å²) in [6, 6.07) is 1.99. The van der Waals surface area contributed by atoms with Crippen LogP contribution in [0.15, 0.2) is 24.7 Å². The number of unbranched alkanes of at least 4 members (excludes halogenated alkanes) is 1. The zero-order chi connectivity index (χ0) is 14.8. The zero-order valence-electron chi connectivity index (χ0n) is 12.5. The SMILES string of the molecule is CCCCn1cc(C(=O)N2CCc3ccncc32)c(C)n1. The molecule has 0 spiro atoms. The molecule has 0 radical (unpaired) electrons. The fraction of sp³-hybridized carbons (Fsp3) is 0.438. The van der Waals surface area contributed by atoms with E-state index in [1.165, 1.54) is 5.56 Å². The van der Waals surface area contributed by atoms with Gasteiger partial charge < -0.3 is 4.90 Å². The highest BCUT2D eigenvalue weighted by atomic mass is 16.2. The summed E-state index contributed by atoms with van der Waals surface area (Å²) in [6.45, 7) is 5.63. The van der Waals surface area contributed by atoms with E-state index in [0.29, 0.717) is 5.56 Å². The number of carbonyl (C=O) groups is 1. The van der Waals surface area contributed by atoms with Gasteiger partial charge in [0.25, 0.3) is 5.91 Å². The Kier molecular flexibility index (Phi) is 3.73. The lowest BCUT2D eigenvalue weighted by Crippen LogP contribution is -2.29. The van der Waals surface area contributed by atoms with Gasteiger partial charge in [-0.25, -0.2) is 0 Å². The van der Waals surface area contributed by atoms with Crippen molar-refractivity contribution in [3.63, 3.8) is 0 Å². The number of anilines is 1. The molecule has 3 heterocycles. The average Bonchev–Trinajstić information content (AvgIpc) is 3.08. The number of fused-ring (bicyclic) bond motifs is 1. The second-order valence-electron chi connectivity index (χ2n) is 5.46. The van der Waals surface area contributed by atoms with E-state index in [9.17, 15) is 4.79 Å². The van der Waals surface area contributed by atoms with E-state index in [1.54, 1.807) is 12.4 Å². The van der Waals surface area contributed by atoms with Gasteiger partial charge in [0.2, 0.25) is 0 Å². The Hall–Kier alpha value is -2.17. The zero-order valence-corrected chi connectivity index (χ0v) is 12.5. The number of hydrogen-bond acceptors (Lipinski definition) is 3. The Labute approximate surface area is 124 Å². The molecule has 0 unspecified atom stereocenters. The molecule has 0 fully saturated rings. The van der Waals surface area contributed by atoms with Crippen molar-refractivity contribution in [3.8, 4) is 0 Å². The van der Waals surface area contributed by atoms with Gasteiger partial charge in [0.05, 0.1) is 23.1 Å². The molecule has 0 aliphatic carbocycles. The number of carbonyl (C=O) groups excluding carboxylic acids is 1. The number of amides is 1. The first kappa shape index (κ1) is 13.8. The van der Waals surface area contributed by atoms with E-state index in [0.717, 1.165) is 43.7 Å². The third-order valence-corrected chi connectivity index (χ3v) is 3.95. The van der Waals surface area contributed by atoms with Crippen LogP contribution in [0.2, 0.25) is 0 Å². The number of hydrogen-bond donors (Lipinski definition) is 0. The predicted octanol–water partition coefficient (Wildman–Crippen LogP) is 2.59. The molecule has 1 amide bonds. The standard InChI is InChI=1S/C16H20N4O/c1-3-4-8-19-11-14(12(2)18-19)16(21)20-9-6-13-5-7-17-10-15(13)20/h5,7,10-11H,3-4,6,8-9H2,1-2H3. The van der Waals surface area contributed by atoms with Gasteiger partial charge in [0.15, 0.2) is 0 Å². The Balaban J connectivity index is 1.85. The maximum Gasteiger partial charge on any atom is 0.261 e. The molecule has 0 aromatic carbocycles. The van der Waals surface area contributed by atoms with E-state index in [2.05, 4.69) is 17.0 Å². The highest BCUT2D eigenvalue weighted by Crippen LogP contribution is 2.28. The molecular formula is C16H20N4O. The van der Waals surface area contributed by atoms with Crippen molar-refractivity contribution in [1.29, 1.82) is 0 Å². The summed E-state index contributed by atoms with van der Waals surface area (Å²) >= 11 is 0. The van der Waals surface area contributed by atoms with Gasteiger partial charge in [0.1, 0.15) is 0 Å². The minimum atomic E-state index is 0.0296. The van der Waals surface area contributed by atoms with Crippen LogP contribution in [0.4, 0.5) is 5.69 Å². The Bertz CT molecular complexity index is 662. The highest BCUT2D eigenvalue weighted by molar-refractivity contribution is 6.07. The predicted molar refractivity (Wildman–Crippen MR) is 81.5 cm³/mol. The van der Waals surface area contributed by atoms with Crippen molar-refractivity contribution in [1.82, 2.24) is 14.8 Å². The number of rotatable bonds is 4. The Morgan fingerprint density at radius 2 is 2.29 bits per heavy atom. The lowest BCUT2D eigenvalue weighted by molar-refractivity contribution is 0.0988. The first-order valence-corrected chi connectivity index (χ1v) is 7.49. The molecule has 0 saturated carbocycles. The van der Waals surface area contributed by atoms with Gasteiger partial charge in [-0.05, 0) is 31.4 Å². The van der Waals surface area contributed by atoms with Crippen molar-refractivity contribution in [2.45, 2.75) is 39.7 Å². The summed E-state index contributed by atoms with van der Waals surface area (Å²) in [5, 5.41) is 4.45. The third kappa shape index (κ3) is 2.55. The fourth-order valence-electron chi connectivity index (χ4n) is 2.74. The van der Waals surface area contributed by atoms with Gasteiger partial charge in [-0.3, -0.25) is 14.5 Å². The van der Waals surface area contributed by atoms with Crippen LogP contribution in [0, 0.1) is 6.92 Å². The molecule has 110 valence electrons. The molecule has 5 nitrogen and oxygen atoms in total. The molecule has 0 bridgehead atoms. The van der Waals surface area contributed by atoms with Crippen LogP contribution in [0.25, 0.3) is 0 Å². The summed E-state index contributed by atoms with van der Waals surface area (Å²) in [5.74, 6) is 0.0296. The smallest absolute Gasteiger partial charge is 0.261 e. The van der Waals surface area contributed by atoms with Crippen LogP contribution in [0.3, 0.4) is 0 Å². The molecule has 21 heavy (non-hydrogen) atoms. The second kappa shape index (κ2) is 5.68. The number of pyridine rings is 1. The quantitative estimate of drug-likeness (QED) is 0.867. The summed E-state index contributed by atoms with van der Waals surface area (Å²) in [5.41, 5.74) is 3.62. The van der Waals surface area contributed by atoms with E-state index >= 15 is 0 Å². The minimum Gasteiger partial charge on any atom is -0.306 e. The van der Waals surface area contributed by atoms with Crippen LogP contribution in [-0.4, -0.2) is 27.2 Å². The molecule has 2 aromatic heterocycles. The number of nitrogens with zero attached hydrogens (tertiary/aromatic N) is 4. The van der Waals surface area contributed by atoms with Crippen molar-refractivity contribution in [2.24, 2.45) is 0 Å². The molecule has 3 rings (SSSR count). The topological polar surface area (TPSA) is 51.0 Å². The van der Waals surface area contributed by atoms with Crippen LogP contribution < -0.4 is 4.90 Å². The summed E-state index contributed by atoms with van der Waals surface area (Å²) in [7, 11) is 0. The molecule has 2 aromatic rings. The molecule has 0 saturated heterocycles. The maximum atomic E-state index is 12.8. The maximum absolute atomic E-state index is 12.8. The van der Waals surface area contributed by atoms with Crippen molar-refractivity contribution in [2.75, 3.05) is 11.4 Å². The van der Waals surface area contributed by atoms with E-state index < -0.39 is 0 Å². The largest absolute Gasteiger partial charge is 0.306 e. The van der Waals surface area contributed by atoms with Crippen LogP contribution in [0.5, 0.6) is 0 Å². The van der Waals surface area contributed by atoms with Crippen molar-refractivity contribution < 1.29 is 4.79 Å². The van der Waals surface area contributed by atoms with Gasteiger partial charge >= 0.3 is 0 Å². The van der Waals surface area contributed by atoms with E-state index in [1.807, 2.05) is 28.8 Å². The van der Waals surface area contributed by atoms with Gasteiger partial charge in [-0.1, -0.05) is 13.3 Å². The van der Waals surface area contributed by atoms with Gasteiger partial charge in [-0.2, -0.15) is 5.10 Å². The summed E-state index contributed by atoms with van der Waals surface area (Å²) in [6.07, 6.45) is 8.52. The fourth-order valence-corrected chi connectivity index (χ4v) is 2.74. The molecule has 0 atom stereocenters. The van der Waals surface area contributed by atoms with Crippen LogP contribution in [-0.2, 0) is 13.0 Å². The molecule has 1 aliphatic heterocycles. The second-order valence-corrected chi connectivity index (χ2v) is 5.46. The Morgan fingerprint density at radius 3 is 3.10 bits per heavy atom.